The Morgan fingerprint density at radius 3 is 2.84 bits per heavy atom. The van der Waals surface area contributed by atoms with Crippen LogP contribution in [0.1, 0.15) is 29.6 Å². The maximum Gasteiger partial charge on any atom is 0.335 e. The summed E-state index contributed by atoms with van der Waals surface area (Å²) in [5, 5.41) is 8.99. The monoisotopic (exact) mass is 263 g/mol. The number of anilines is 1. The van der Waals surface area contributed by atoms with Crippen LogP contribution >= 0.6 is 0 Å². The van der Waals surface area contributed by atoms with E-state index in [4.69, 9.17) is 9.84 Å². The summed E-state index contributed by atoms with van der Waals surface area (Å²) >= 11 is 0. The van der Waals surface area contributed by atoms with Crippen molar-refractivity contribution in [2.24, 2.45) is 5.92 Å². The minimum atomic E-state index is -0.875. The fraction of sp³-hybridized carbons (Fsp3) is 0.533. The van der Waals surface area contributed by atoms with Gasteiger partial charge >= 0.3 is 5.97 Å². The van der Waals surface area contributed by atoms with Gasteiger partial charge in [-0.3, -0.25) is 0 Å². The van der Waals surface area contributed by atoms with Crippen LogP contribution in [-0.4, -0.2) is 37.9 Å². The summed E-state index contributed by atoms with van der Waals surface area (Å²) in [7, 11) is 2.01. The van der Waals surface area contributed by atoms with E-state index in [1.165, 1.54) is 0 Å². The molecule has 0 amide bonds. The van der Waals surface area contributed by atoms with Gasteiger partial charge in [0.05, 0.1) is 5.56 Å². The molecule has 4 heteroatoms. The molecule has 1 heterocycles. The first kappa shape index (κ1) is 13.9. The van der Waals surface area contributed by atoms with Crippen LogP contribution in [0.25, 0.3) is 0 Å². The van der Waals surface area contributed by atoms with Crippen molar-refractivity contribution in [2.45, 2.75) is 19.3 Å². The summed E-state index contributed by atoms with van der Waals surface area (Å²) in [4.78, 5) is 13.1. The van der Waals surface area contributed by atoms with E-state index in [2.05, 4.69) is 4.90 Å². The Labute approximate surface area is 114 Å². The zero-order chi connectivity index (χ0) is 13.7. The van der Waals surface area contributed by atoms with Crippen LogP contribution in [0.4, 0.5) is 5.69 Å². The maximum atomic E-state index is 10.9. The molecule has 104 valence electrons. The van der Waals surface area contributed by atoms with E-state index in [9.17, 15) is 4.79 Å². The Hall–Kier alpha value is -1.55. The minimum Gasteiger partial charge on any atom is -0.478 e. The van der Waals surface area contributed by atoms with Crippen LogP contribution in [0.2, 0.25) is 0 Å². The molecule has 0 atom stereocenters. The van der Waals surface area contributed by atoms with E-state index >= 15 is 0 Å². The van der Waals surface area contributed by atoms with Gasteiger partial charge in [0.15, 0.2) is 0 Å². The van der Waals surface area contributed by atoms with Crippen molar-refractivity contribution in [2.75, 3.05) is 31.7 Å². The van der Waals surface area contributed by atoms with Gasteiger partial charge in [0, 0.05) is 32.5 Å². The smallest absolute Gasteiger partial charge is 0.335 e. The van der Waals surface area contributed by atoms with E-state index in [0.717, 1.165) is 50.6 Å². The Balaban J connectivity index is 1.89. The summed E-state index contributed by atoms with van der Waals surface area (Å²) in [6, 6.07) is 7.10. The zero-order valence-electron chi connectivity index (χ0n) is 11.3. The van der Waals surface area contributed by atoms with Crippen LogP contribution in [0.3, 0.4) is 0 Å². The standard InChI is InChI=1S/C15H21NO3/c1-16(8-5-12-6-9-19-10-7-12)14-4-2-3-13(11-14)15(17)18/h2-4,11-12H,5-10H2,1H3,(H,17,18). The lowest BCUT2D eigenvalue weighted by atomic mass is 9.96. The van der Waals surface area contributed by atoms with E-state index in [-0.39, 0.29) is 0 Å². The van der Waals surface area contributed by atoms with Gasteiger partial charge in [0.2, 0.25) is 0 Å². The number of hydrogen-bond acceptors (Lipinski definition) is 3. The van der Waals surface area contributed by atoms with Crippen molar-refractivity contribution in [3.05, 3.63) is 29.8 Å². The van der Waals surface area contributed by atoms with Gasteiger partial charge in [-0.15, -0.1) is 0 Å². The molecule has 0 bridgehead atoms. The molecule has 0 saturated carbocycles. The Kier molecular flexibility index (Phi) is 4.80. The van der Waals surface area contributed by atoms with Crippen LogP contribution < -0.4 is 4.90 Å². The summed E-state index contributed by atoms with van der Waals surface area (Å²) in [5.41, 5.74) is 1.31. The van der Waals surface area contributed by atoms with Crippen molar-refractivity contribution in [1.82, 2.24) is 0 Å². The van der Waals surface area contributed by atoms with Crippen LogP contribution in [-0.2, 0) is 4.74 Å². The van der Waals surface area contributed by atoms with Gasteiger partial charge < -0.3 is 14.7 Å². The van der Waals surface area contributed by atoms with Crippen LogP contribution in [0, 0.1) is 5.92 Å². The summed E-state index contributed by atoms with van der Waals surface area (Å²) in [5.74, 6) is -0.140. The minimum absolute atomic E-state index is 0.343. The first-order valence-electron chi connectivity index (χ1n) is 6.79. The predicted molar refractivity (Wildman–Crippen MR) is 74.8 cm³/mol. The third-order valence-corrected chi connectivity index (χ3v) is 3.75. The van der Waals surface area contributed by atoms with Crippen molar-refractivity contribution >= 4 is 11.7 Å². The number of carboxylic acids is 1. The molecule has 1 saturated heterocycles. The third-order valence-electron chi connectivity index (χ3n) is 3.75. The molecule has 1 aromatic carbocycles. The number of nitrogens with zero attached hydrogens (tertiary/aromatic N) is 1. The Bertz CT molecular complexity index is 427. The molecule has 1 aromatic rings. The topological polar surface area (TPSA) is 49.8 Å². The molecule has 0 radical (unpaired) electrons. The van der Waals surface area contributed by atoms with Gasteiger partial charge in [0.1, 0.15) is 0 Å². The SMILES string of the molecule is CN(CCC1CCOCC1)c1cccc(C(=O)O)c1. The van der Waals surface area contributed by atoms with Gasteiger partial charge in [-0.1, -0.05) is 6.07 Å². The largest absolute Gasteiger partial charge is 0.478 e. The molecule has 19 heavy (non-hydrogen) atoms. The van der Waals surface area contributed by atoms with Gasteiger partial charge in [0.25, 0.3) is 0 Å². The number of aromatic carboxylic acids is 1. The third kappa shape index (κ3) is 3.96. The van der Waals surface area contributed by atoms with Crippen molar-refractivity contribution in [3.63, 3.8) is 0 Å². The Morgan fingerprint density at radius 1 is 1.42 bits per heavy atom. The molecular formula is C15H21NO3. The van der Waals surface area contributed by atoms with Crippen LogP contribution in [0.5, 0.6) is 0 Å². The molecule has 1 N–H and O–H groups in total. The second kappa shape index (κ2) is 6.57. The number of carbonyl (C=O) groups is 1. The molecule has 1 fully saturated rings. The molecular weight excluding hydrogens is 242 g/mol. The molecule has 1 aliphatic rings. The molecule has 2 rings (SSSR count). The normalized spacial score (nSPS) is 16.3. The van der Waals surface area contributed by atoms with Crippen molar-refractivity contribution < 1.29 is 14.6 Å². The van der Waals surface area contributed by atoms with Gasteiger partial charge in [-0.05, 0) is 43.4 Å². The fourth-order valence-corrected chi connectivity index (χ4v) is 2.42. The number of carboxylic acid groups (broad SMARTS) is 1. The number of rotatable bonds is 5. The van der Waals surface area contributed by atoms with E-state index in [1.807, 2.05) is 13.1 Å². The second-order valence-electron chi connectivity index (χ2n) is 5.12. The van der Waals surface area contributed by atoms with Gasteiger partial charge in [-0.25, -0.2) is 4.79 Å². The van der Waals surface area contributed by atoms with Crippen LogP contribution in [0.15, 0.2) is 24.3 Å². The van der Waals surface area contributed by atoms with E-state index in [1.54, 1.807) is 18.2 Å². The fourth-order valence-electron chi connectivity index (χ4n) is 2.42. The molecule has 0 aromatic heterocycles. The summed E-state index contributed by atoms with van der Waals surface area (Å²) in [6.07, 6.45) is 3.42. The summed E-state index contributed by atoms with van der Waals surface area (Å²) in [6.45, 7) is 2.71. The summed E-state index contributed by atoms with van der Waals surface area (Å²) < 4.78 is 5.35. The van der Waals surface area contributed by atoms with Crippen molar-refractivity contribution in [1.29, 1.82) is 0 Å². The maximum absolute atomic E-state index is 10.9. The lowest BCUT2D eigenvalue weighted by Gasteiger charge is -2.26. The number of ether oxygens (including phenoxy) is 1. The molecule has 0 aliphatic carbocycles. The average Bonchev–Trinajstić information content (AvgIpc) is 2.46. The highest BCUT2D eigenvalue weighted by atomic mass is 16.5. The highest BCUT2D eigenvalue weighted by Gasteiger charge is 2.14. The predicted octanol–water partition coefficient (Wildman–Crippen LogP) is 2.64. The average molecular weight is 263 g/mol. The van der Waals surface area contributed by atoms with E-state index in [0.29, 0.717) is 5.56 Å². The second-order valence-corrected chi connectivity index (χ2v) is 5.12. The number of hydrogen-bond donors (Lipinski definition) is 1. The molecule has 0 spiro atoms. The van der Waals surface area contributed by atoms with Gasteiger partial charge in [-0.2, -0.15) is 0 Å². The van der Waals surface area contributed by atoms with Crippen molar-refractivity contribution in [3.8, 4) is 0 Å². The zero-order valence-corrected chi connectivity index (χ0v) is 11.3. The van der Waals surface area contributed by atoms with E-state index < -0.39 is 5.97 Å². The molecule has 4 nitrogen and oxygen atoms in total. The Morgan fingerprint density at radius 2 is 2.16 bits per heavy atom. The highest BCUT2D eigenvalue weighted by molar-refractivity contribution is 5.88. The molecule has 0 unspecified atom stereocenters. The number of benzene rings is 1. The quantitative estimate of drug-likeness (QED) is 0.887. The first-order valence-corrected chi connectivity index (χ1v) is 6.79. The molecule has 1 aliphatic heterocycles. The lowest BCUT2D eigenvalue weighted by molar-refractivity contribution is 0.0645. The first-order chi connectivity index (χ1) is 9.16. The highest BCUT2D eigenvalue weighted by Crippen LogP contribution is 2.21. The lowest BCUT2D eigenvalue weighted by Crippen LogP contribution is -2.24.